The molecule has 0 radical (unpaired) electrons. The van der Waals surface area contributed by atoms with Gasteiger partial charge in [0.25, 0.3) is 0 Å². The predicted molar refractivity (Wildman–Crippen MR) is 116 cm³/mol. The first-order valence-electron chi connectivity index (χ1n) is 8.63. The molecule has 2 aromatic carbocycles. The Morgan fingerprint density at radius 1 is 1.07 bits per heavy atom. The maximum absolute atomic E-state index is 12.4. The van der Waals surface area contributed by atoms with Crippen molar-refractivity contribution in [3.8, 4) is 11.5 Å². The van der Waals surface area contributed by atoms with Crippen LogP contribution in [0.2, 0.25) is 5.02 Å². The number of fused-ring (bicyclic) bond motifs is 1. The van der Waals surface area contributed by atoms with Crippen molar-refractivity contribution in [2.45, 2.75) is 13.3 Å². The standard InChI is InChI=1S/C19H19ClN4O4S/c1-4-17(25)24-19-23-12-6-5-10(7-16(12)29-19)21-18(26)22-13-8-11(20)14(27-2)9-15(13)28-3/h5-9H,4H2,1-3H3,(H2,21,22,26)(H,23,24,25). The zero-order valence-corrected chi connectivity index (χ0v) is 17.5. The molecule has 0 aliphatic heterocycles. The summed E-state index contributed by atoms with van der Waals surface area (Å²) >= 11 is 7.46. The molecule has 0 fully saturated rings. The third-order valence-corrected chi connectivity index (χ3v) is 5.16. The lowest BCUT2D eigenvalue weighted by atomic mass is 10.2. The second-order valence-corrected chi connectivity index (χ2v) is 7.31. The lowest BCUT2D eigenvalue weighted by Gasteiger charge is -2.13. The van der Waals surface area contributed by atoms with E-state index in [1.165, 1.54) is 25.6 Å². The largest absolute Gasteiger partial charge is 0.495 e. The summed E-state index contributed by atoms with van der Waals surface area (Å²) in [4.78, 5) is 28.3. The molecule has 1 heterocycles. The first-order chi connectivity index (χ1) is 13.9. The van der Waals surface area contributed by atoms with Gasteiger partial charge < -0.3 is 25.4 Å². The van der Waals surface area contributed by atoms with Gasteiger partial charge in [-0.15, -0.1) is 0 Å². The lowest BCUT2D eigenvalue weighted by molar-refractivity contribution is -0.115. The SMILES string of the molecule is CCC(=O)Nc1nc2ccc(NC(=O)Nc3cc(Cl)c(OC)cc3OC)cc2s1. The number of carbonyl (C=O) groups excluding carboxylic acids is 2. The summed E-state index contributed by atoms with van der Waals surface area (Å²) in [5.41, 5.74) is 1.71. The van der Waals surface area contributed by atoms with E-state index in [2.05, 4.69) is 20.9 Å². The summed E-state index contributed by atoms with van der Waals surface area (Å²) in [6.07, 6.45) is 0.377. The van der Waals surface area contributed by atoms with Gasteiger partial charge in [-0.2, -0.15) is 0 Å². The fourth-order valence-electron chi connectivity index (χ4n) is 2.51. The molecule has 1 aromatic heterocycles. The number of amides is 3. The molecule has 3 aromatic rings. The van der Waals surface area contributed by atoms with Crippen molar-refractivity contribution in [2.75, 3.05) is 30.2 Å². The Morgan fingerprint density at radius 3 is 2.52 bits per heavy atom. The fraction of sp³-hybridized carbons (Fsp3) is 0.211. The predicted octanol–water partition coefficient (Wildman–Crippen LogP) is 4.96. The zero-order chi connectivity index (χ0) is 21.0. The number of aromatic nitrogens is 1. The summed E-state index contributed by atoms with van der Waals surface area (Å²) < 4.78 is 11.3. The van der Waals surface area contributed by atoms with Crippen LogP contribution in [-0.4, -0.2) is 31.1 Å². The highest BCUT2D eigenvalue weighted by molar-refractivity contribution is 7.22. The van der Waals surface area contributed by atoms with Gasteiger partial charge in [-0.05, 0) is 24.3 Å². The van der Waals surface area contributed by atoms with Gasteiger partial charge in [0.05, 0.1) is 35.1 Å². The second-order valence-electron chi connectivity index (χ2n) is 5.87. The summed E-state index contributed by atoms with van der Waals surface area (Å²) in [5, 5.41) is 9.06. The minimum atomic E-state index is -0.465. The van der Waals surface area contributed by atoms with E-state index in [0.717, 1.165) is 10.2 Å². The Balaban J connectivity index is 1.74. The number of ether oxygens (including phenoxy) is 2. The molecule has 0 bridgehead atoms. The highest BCUT2D eigenvalue weighted by Gasteiger charge is 2.13. The number of benzene rings is 2. The van der Waals surface area contributed by atoms with Crippen LogP contribution in [0.5, 0.6) is 11.5 Å². The van der Waals surface area contributed by atoms with Gasteiger partial charge >= 0.3 is 6.03 Å². The zero-order valence-electron chi connectivity index (χ0n) is 16.0. The molecule has 3 rings (SSSR count). The summed E-state index contributed by atoms with van der Waals surface area (Å²) in [6.45, 7) is 1.77. The van der Waals surface area contributed by atoms with Crippen LogP contribution in [0.1, 0.15) is 13.3 Å². The Kier molecular flexibility index (Phi) is 6.40. The van der Waals surface area contributed by atoms with Crippen LogP contribution in [0.4, 0.5) is 21.3 Å². The van der Waals surface area contributed by atoms with E-state index in [1.807, 2.05) is 0 Å². The number of methoxy groups -OCH3 is 2. The number of rotatable bonds is 6. The summed E-state index contributed by atoms with van der Waals surface area (Å²) in [5.74, 6) is 0.751. The van der Waals surface area contributed by atoms with E-state index < -0.39 is 6.03 Å². The Morgan fingerprint density at radius 2 is 1.83 bits per heavy atom. The van der Waals surface area contributed by atoms with Crippen molar-refractivity contribution in [1.29, 1.82) is 0 Å². The number of halogens is 1. The number of hydrogen-bond acceptors (Lipinski definition) is 6. The van der Waals surface area contributed by atoms with E-state index in [4.69, 9.17) is 21.1 Å². The van der Waals surface area contributed by atoms with Crippen LogP contribution in [0.15, 0.2) is 30.3 Å². The van der Waals surface area contributed by atoms with E-state index in [0.29, 0.717) is 39.4 Å². The van der Waals surface area contributed by atoms with Crippen LogP contribution >= 0.6 is 22.9 Å². The third kappa shape index (κ3) is 4.87. The second kappa shape index (κ2) is 8.97. The van der Waals surface area contributed by atoms with Crippen molar-refractivity contribution >= 4 is 61.6 Å². The molecule has 0 spiro atoms. The van der Waals surface area contributed by atoms with Crippen molar-refractivity contribution in [3.63, 3.8) is 0 Å². The lowest BCUT2D eigenvalue weighted by Crippen LogP contribution is -2.19. The van der Waals surface area contributed by atoms with Crippen molar-refractivity contribution in [1.82, 2.24) is 4.98 Å². The van der Waals surface area contributed by atoms with E-state index >= 15 is 0 Å². The molecule has 29 heavy (non-hydrogen) atoms. The van der Waals surface area contributed by atoms with Gasteiger partial charge in [-0.25, -0.2) is 9.78 Å². The molecule has 3 amide bonds. The van der Waals surface area contributed by atoms with Crippen LogP contribution in [0.25, 0.3) is 10.2 Å². The van der Waals surface area contributed by atoms with Gasteiger partial charge in [-0.1, -0.05) is 29.9 Å². The van der Waals surface area contributed by atoms with Crippen LogP contribution in [0, 0.1) is 0 Å². The van der Waals surface area contributed by atoms with Gasteiger partial charge in [0.1, 0.15) is 11.5 Å². The highest BCUT2D eigenvalue weighted by atomic mass is 35.5. The first kappa shape index (κ1) is 20.7. The fourth-order valence-corrected chi connectivity index (χ4v) is 3.67. The van der Waals surface area contributed by atoms with E-state index in [-0.39, 0.29) is 5.91 Å². The van der Waals surface area contributed by atoms with Gasteiger partial charge in [-0.3, -0.25) is 4.79 Å². The average Bonchev–Trinajstić information content (AvgIpc) is 3.09. The molecule has 0 aliphatic carbocycles. The van der Waals surface area contributed by atoms with Gasteiger partial charge in [0, 0.05) is 18.2 Å². The molecule has 0 saturated heterocycles. The van der Waals surface area contributed by atoms with Crippen molar-refractivity contribution < 1.29 is 19.1 Å². The number of nitrogens with zero attached hydrogens (tertiary/aromatic N) is 1. The maximum atomic E-state index is 12.4. The van der Waals surface area contributed by atoms with Crippen molar-refractivity contribution in [3.05, 3.63) is 35.4 Å². The van der Waals surface area contributed by atoms with Crippen LogP contribution in [-0.2, 0) is 4.79 Å². The van der Waals surface area contributed by atoms with Gasteiger partial charge in [0.2, 0.25) is 5.91 Å². The number of nitrogens with one attached hydrogen (secondary N) is 3. The molecule has 0 unspecified atom stereocenters. The smallest absolute Gasteiger partial charge is 0.323 e. The molecular weight excluding hydrogens is 416 g/mol. The van der Waals surface area contributed by atoms with Gasteiger partial charge in [0.15, 0.2) is 5.13 Å². The molecule has 3 N–H and O–H groups in total. The molecule has 152 valence electrons. The third-order valence-electron chi connectivity index (χ3n) is 3.94. The summed E-state index contributed by atoms with van der Waals surface area (Å²) in [6, 6.07) is 7.96. The highest BCUT2D eigenvalue weighted by Crippen LogP contribution is 2.36. The molecule has 0 saturated carbocycles. The number of carbonyl (C=O) groups is 2. The van der Waals surface area contributed by atoms with E-state index in [1.54, 1.807) is 37.3 Å². The minimum Gasteiger partial charge on any atom is -0.495 e. The molecular formula is C19H19ClN4O4S. The Labute approximate surface area is 176 Å². The van der Waals surface area contributed by atoms with E-state index in [9.17, 15) is 9.59 Å². The summed E-state index contributed by atoms with van der Waals surface area (Å²) in [7, 11) is 2.98. The number of anilines is 3. The minimum absolute atomic E-state index is 0.103. The normalized spacial score (nSPS) is 10.5. The number of urea groups is 1. The van der Waals surface area contributed by atoms with Crippen LogP contribution in [0.3, 0.4) is 0 Å². The van der Waals surface area contributed by atoms with Crippen LogP contribution < -0.4 is 25.4 Å². The molecule has 8 nitrogen and oxygen atoms in total. The maximum Gasteiger partial charge on any atom is 0.323 e. The number of thiazole rings is 1. The monoisotopic (exact) mass is 434 g/mol. The average molecular weight is 435 g/mol. The number of hydrogen-bond donors (Lipinski definition) is 3. The van der Waals surface area contributed by atoms with Crippen molar-refractivity contribution in [2.24, 2.45) is 0 Å². The molecule has 10 heteroatoms. The molecule has 0 aliphatic rings. The molecule has 0 atom stereocenters. The first-order valence-corrected chi connectivity index (χ1v) is 9.83. The Bertz CT molecular complexity index is 1070. The quantitative estimate of drug-likeness (QED) is 0.509. The Hall–Kier alpha value is -3.04. The topological polar surface area (TPSA) is 102 Å².